The number of carbonyl (C=O) groups is 1. The van der Waals surface area contributed by atoms with Gasteiger partial charge < -0.3 is 11.1 Å². The van der Waals surface area contributed by atoms with Gasteiger partial charge in [-0.1, -0.05) is 35.3 Å². The molecule has 0 aromatic heterocycles. The van der Waals surface area contributed by atoms with Crippen LogP contribution >= 0.6 is 23.2 Å². The molecule has 2 aromatic rings. The number of carbonyl (C=O) groups excluding carboxylic acids is 1. The Morgan fingerprint density at radius 1 is 1.05 bits per heavy atom. The molecule has 0 spiro atoms. The molecule has 1 amide bonds. The van der Waals surface area contributed by atoms with E-state index in [1.54, 1.807) is 18.2 Å². The maximum Gasteiger partial charge on any atom is 0.224 e. The molecule has 0 atom stereocenters. The maximum absolute atomic E-state index is 11.9. The third-order valence-corrected chi connectivity index (χ3v) is 3.20. The molecular formula is C15H14Cl2N2O. The number of nitrogen functional groups attached to an aromatic ring is 1. The normalized spacial score (nSPS) is 10.3. The summed E-state index contributed by atoms with van der Waals surface area (Å²) in [6, 6.07) is 12.4. The Balaban J connectivity index is 1.90. The molecule has 0 fully saturated rings. The molecule has 0 aliphatic carbocycles. The van der Waals surface area contributed by atoms with Gasteiger partial charge >= 0.3 is 0 Å². The van der Waals surface area contributed by atoms with E-state index < -0.39 is 0 Å². The van der Waals surface area contributed by atoms with E-state index >= 15 is 0 Å². The summed E-state index contributed by atoms with van der Waals surface area (Å²) in [5.41, 5.74) is 7.99. The van der Waals surface area contributed by atoms with E-state index in [-0.39, 0.29) is 5.91 Å². The van der Waals surface area contributed by atoms with Crippen molar-refractivity contribution < 1.29 is 4.79 Å². The molecule has 0 bridgehead atoms. The lowest BCUT2D eigenvalue weighted by Crippen LogP contribution is -2.12. The topological polar surface area (TPSA) is 55.1 Å². The average molecular weight is 309 g/mol. The summed E-state index contributed by atoms with van der Waals surface area (Å²) in [5, 5.41) is 3.76. The summed E-state index contributed by atoms with van der Waals surface area (Å²) in [6.07, 6.45) is 1.04. The minimum absolute atomic E-state index is 0.0832. The third kappa shape index (κ3) is 4.44. The van der Waals surface area contributed by atoms with Gasteiger partial charge in [0, 0.05) is 27.8 Å². The summed E-state index contributed by atoms with van der Waals surface area (Å²) in [5.74, 6) is -0.0832. The van der Waals surface area contributed by atoms with Crippen molar-refractivity contribution in [2.75, 3.05) is 11.1 Å². The van der Waals surface area contributed by atoms with E-state index in [1.165, 1.54) is 0 Å². The number of anilines is 2. The Morgan fingerprint density at radius 2 is 1.65 bits per heavy atom. The largest absolute Gasteiger partial charge is 0.399 e. The molecule has 0 aliphatic heterocycles. The highest BCUT2D eigenvalue weighted by Crippen LogP contribution is 2.22. The van der Waals surface area contributed by atoms with Crippen LogP contribution in [0.5, 0.6) is 0 Å². The molecule has 3 nitrogen and oxygen atoms in total. The molecule has 0 saturated carbocycles. The fourth-order valence-corrected chi connectivity index (χ4v) is 2.32. The predicted molar refractivity (Wildman–Crippen MR) is 84.3 cm³/mol. The van der Waals surface area contributed by atoms with Crippen molar-refractivity contribution in [2.24, 2.45) is 0 Å². The Bertz CT molecular complexity index is 592. The van der Waals surface area contributed by atoms with Crippen LogP contribution in [0.15, 0.2) is 42.5 Å². The summed E-state index contributed by atoms with van der Waals surface area (Å²) in [7, 11) is 0. The lowest BCUT2D eigenvalue weighted by atomic mass is 10.1. The Morgan fingerprint density at radius 3 is 2.25 bits per heavy atom. The first-order valence-electron chi connectivity index (χ1n) is 6.13. The second-order valence-corrected chi connectivity index (χ2v) is 5.32. The molecule has 3 N–H and O–H groups in total. The molecule has 0 radical (unpaired) electrons. The number of benzene rings is 2. The Kier molecular flexibility index (Phi) is 4.88. The standard InChI is InChI=1S/C15H14Cl2N2O/c16-11-7-12(17)9-14(8-11)19-15(20)6-3-10-1-4-13(18)5-2-10/h1-2,4-5,7-9H,3,6,18H2,(H,19,20). The van der Waals surface area contributed by atoms with Crippen LogP contribution in [0.3, 0.4) is 0 Å². The van der Waals surface area contributed by atoms with Crippen LogP contribution in [-0.2, 0) is 11.2 Å². The molecule has 2 rings (SSSR count). The lowest BCUT2D eigenvalue weighted by Gasteiger charge is -2.06. The summed E-state index contributed by atoms with van der Waals surface area (Å²) < 4.78 is 0. The Labute approximate surface area is 127 Å². The lowest BCUT2D eigenvalue weighted by molar-refractivity contribution is -0.116. The quantitative estimate of drug-likeness (QED) is 0.834. The van der Waals surface area contributed by atoms with Crippen molar-refractivity contribution in [2.45, 2.75) is 12.8 Å². The maximum atomic E-state index is 11.9. The zero-order chi connectivity index (χ0) is 14.5. The van der Waals surface area contributed by atoms with Crippen molar-refractivity contribution in [1.82, 2.24) is 0 Å². The third-order valence-electron chi connectivity index (χ3n) is 2.77. The molecule has 0 heterocycles. The van der Waals surface area contributed by atoms with Crippen LogP contribution in [0.25, 0.3) is 0 Å². The van der Waals surface area contributed by atoms with Gasteiger partial charge in [0.15, 0.2) is 0 Å². The monoisotopic (exact) mass is 308 g/mol. The van der Waals surface area contributed by atoms with Crippen LogP contribution in [0.2, 0.25) is 10.0 Å². The van der Waals surface area contributed by atoms with Gasteiger partial charge in [0.05, 0.1) is 0 Å². The van der Waals surface area contributed by atoms with Gasteiger partial charge in [-0.05, 0) is 42.3 Å². The summed E-state index contributed by atoms with van der Waals surface area (Å²) in [6.45, 7) is 0. The zero-order valence-corrected chi connectivity index (χ0v) is 12.2. The van der Waals surface area contributed by atoms with E-state index in [1.807, 2.05) is 24.3 Å². The first-order chi connectivity index (χ1) is 9.52. The minimum Gasteiger partial charge on any atom is -0.399 e. The van der Waals surface area contributed by atoms with Crippen molar-refractivity contribution in [3.63, 3.8) is 0 Å². The van der Waals surface area contributed by atoms with Crippen LogP contribution in [-0.4, -0.2) is 5.91 Å². The van der Waals surface area contributed by atoms with Crippen molar-refractivity contribution in [3.05, 3.63) is 58.1 Å². The van der Waals surface area contributed by atoms with Gasteiger partial charge in [0.2, 0.25) is 5.91 Å². The Hall–Kier alpha value is -1.71. The van der Waals surface area contributed by atoms with Gasteiger partial charge in [-0.3, -0.25) is 4.79 Å². The predicted octanol–water partition coefficient (Wildman–Crippen LogP) is 4.15. The SMILES string of the molecule is Nc1ccc(CCC(=O)Nc2cc(Cl)cc(Cl)c2)cc1. The van der Waals surface area contributed by atoms with Gasteiger partial charge in [-0.2, -0.15) is 0 Å². The average Bonchev–Trinajstić information content (AvgIpc) is 2.37. The molecule has 0 unspecified atom stereocenters. The van der Waals surface area contributed by atoms with Crippen LogP contribution < -0.4 is 11.1 Å². The van der Waals surface area contributed by atoms with E-state index in [0.29, 0.717) is 34.3 Å². The van der Waals surface area contributed by atoms with E-state index in [9.17, 15) is 4.79 Å². The second-order valence-electron chi connectivity index (χ2n) is 4.45. The van der Waals surface area contributed by atoms with Gasteiger partial charge in [0.25, 0.3) is 0 Å². The fourth-order valence-electron chi connectivity index (χ4n) is 1.79. The van der Waals surface area contributed by atoms with Crippen molar-refractivity contribution in [3.8, 4) is 0 Å². The number of amides is 1. The highest BCUT2D eigenvalue weighted by Gasteiger charge is 2.05. The number of halogens is 2. The van der Waals surface area contributed by atoms with E-state index in [2.05, 4.69) is 5.32 Å². The number of hydrogen-bond acceptors (Lipinski definition) is 2. The van der Waals surface area contributed by atoms with Gasteiger partial charge in [-0.15, -0.1) is 0 Å². The smallest absolute Gasteiger partial charge is 0.224 e. The van der Waals surface area contributed by atoms with E-state index in [0.717, 1.165) is 5.56 Å². The first-order valence-corrected chi connectivity index (χ1v) is 6.89. The second kappa shape index (κ2) is 6.64. The van der Waals surface area contributed by atoms with Gasteiger partial charge in [-0.25, -0.2) is 0 Å². The van der Waals surface area contributed by atoms with Crippen LogP contribution in [0, 0.1) is 0 Å². The number of rotatable bonds is 4. The van der Waals surface area contributed by atoms with Crippen molar-refractivity contribution >= 4 is 40.5 Å². The number of nitrogens with two attached hydrogens (primary N) is 1. The van der Waals surface area contributed by atoms with Gasteiger partial charge in [0.1, 0.15) is 0 Å². The highest BCUT2D eigenvalue weighted by molar-refractivity contribution is 6.35. The molecule has 20 heavy (non-hydrogen) atoms. The number of aryl methyl sites for hydroxylation is 1. The number of nitrogens with one attached hydrogen (secondary N) is 1. The summed E-state index contributed by atoms with van der Waals surface area (Å²) in [4.78, 5) is 11.9. The van der Waals surface area contributed by atoms with Crippen LogP contribution in [0.4, 0.5) is 11.4 Å². The van der Waals surface area contributed by atoms with Crippen molar-refractivity contribution in [1.29, 1.82) is 0 Å². The fraction of sp³-hybridized carbons (Fsp3) is 0.133. The molecule has 104 valence electrons. The molecule has 5 heteroatoms. The van der Waals surface area contributed by atoms with E-state index in [4.69, 9.17) is 28.9 Å². The van der Waals surface area contributed by atoms with Crippen LogP contribution in [0.1, 0.15) is 12.0 Å². The zero-order valence-electron chi connectivity index (χ0n) is 10.7. The molecule has 0 saturated heterocycles. The molecule has 0 aliphatic rings. The molecule has 2 aromatic carbocycles. The first kappa shape index (κ1) is 14.7. The summed E-state index contributed by atoms with van der Waals surface area (Å²) >= 11 is 11.7. The minimum atomic E-state index is -0.0832. The number of hydrogen-bond donors (Lipinski definition) is 2. The highest BCUT2D eigenvalue weighted by atomic mass is 35.5. The molecular weight excluding hydrogens is 295 g/mol.